The van der Waals surface area contributed by atoms with E-state index in [-0.39, 0.29) is 18.1 Å². The summed E-state index contributed by atoms with van der Waals surface area (Å²) in [4.78, 5) is 24.9. The largest absolute Gasteiger partial charge is 0.468 e. The molecule has 1 fully saturated rings. The first kappa shape index (κ1) is 15.8. The molecule has 0 aromatic rings. The van der Waals surface area contributed by atoms with Gasteiger partial charge in [-0.1, -0.05) is 0 Å². The maximum absolute atomic E-state index is 11.6. The van der Waals surface area contributed by atoms with Crippen molar-refractivity contribution in [2.45, 2.75) is 45.2 Å². The van der Waals surface area contributed by atoms with E-state index in [1.807, 2.05) is 0 Å². The third-order valence-electron chi connectivity index (χ3n) is 3.28. The van der Waals surface area contributed by atoms with Crippen LogP contribution in [0, 0.1) is 0 Å². The highest BCUT2D eigenvalue weighted by Crippen LogP contribution is 2.15. The molecule has 1 heterocycles. The topological polar surface area (TPSA) is 67.9 Å². The number of amides is 1. The standard InChI is InChI=1S/C13H24N2O4/c1-5-19-12(17)15-8-6-10(7-9-15)14-13(2,3)11(16)18-4/h10,14H,5-9H2,1-4H3. The number of carbonyl (C=O) groups is 2. The van der Waals surface area contributed by atoms with Crippen molar-refractivity contribution in [1.29, 1.82) is 0 Å². The monoisotopic (exact) mass is 272 g/mol. The van der Waals surface area contributed by atoms with Gasteiger partial charge in [-0.2, -0.15) is 0 Å². The van der Waals surface area contributed by atoms with Crippen LogP contribution in [0.1, 0.15) is 33.6 Å². The van der Waals surface area contributed by atoms with Crippen LogP contribution in [-0.2, 0) is 14.3 Å². The summed E-state index contributed by atoms with van der Waals surface area (Å²) in [5, 5.41) is 3.28. The Morgan fingerprint density at radius 3 is 2.37 bits per heavy atom. The van der Waals surface area contributed by atoms with E-state index in [1.54, 1.807) is 25.7 Å². The van der Waals surface area contributed by atoms with E-state index < -0.39 is 5.54 Å². The zero-order valence-electron chi connectivity index (χ0n) is 12.2. The zero-order valence-corrected chi connectivity index (χ0v) is 12.2. The van der Waals surface area contributed by atoms with E-state index >= 15 is 0 Å². The molecular weight excluding hydrogens is 248 g/mol. The van der Waals surface area contributed by atoms with Crippen LogP contribution >= 0.6 is 0 Å². The Morgan fingerprint density at radius 1 is 1.32 bits per heavy atom. The first-order valence-electron chi connectivity index (χ1n) is 6.68. The fourth-order valence-corrected chi connectivity index (χ4v) is 2.25. The van der Waals surface area contributed by atoms with Gasteiger partial charge in [0.1, 0.15) is 5.54 Å². The molecule has 110 valence electrons. The Balaban J connectivity index is 2.42. The van der Waals surface area contributed by atoms with Crippen molar-refractivity contribution in [3.63, 3.8) is 0 Å². The van der Waals surface area contributed by atoms with Gasteiger partial charge in [0.15, 0.2) is 0 Å². The fraction of sp³-hybridized carbons (Fsp3) is 0.846. The molecule has 0 atom stereocenters. The van der Waals surface area contributed by atoms with E-state index in [0.717, 1.165) is 12.8 Å². The predicted molar refractivity (Wildman–Crippen MR) is 70.8 cm³/mol. The molecule has 6 heteroatoms. The van der Waals surface area contributed by atoms with Gasteiger partial charge in [-0.25, -0.2) is 4.79 Å². The molecule has 0 saturated carbocycles. The van der Waals surface area contributed by atoms with Gasteiger partial charge in [0.05, 0.1) is 13.7 Å². The van der Waals surface area contributed by atoms with Gasteiger partial charge in [-0.05, 0) is 33.6 Å². The van der Waals surface area contributed by atoms with Gasteiger partial charge >= 0.3 is 12.1 Å². The SMILES string of the molecule is CCOC(=O)N1CCC(NC(C)(C)C(=O)OC)CC1. The quantitative estimate of drug-likeness (QED) is 0.778. The first-order chi connectivity index (χ1) is 8.90. The molecule has 6 nitrogen and oxygen atoms in total. The third-order valence-corrected chi connectivity index (χ3v) is 3.28. The van der Waals surface area contributed by atoms with Gasteiger partial charge in [0.2, 0.25) is 0 Å². The summed E-state index contributed by atoms with van der Waals surface area (Å²) in [5.74, 6) is -0.277. The summed E-state index contributed by atoms with van der Waals surface area (Å²) < 4.78 is 9.73. The van der Waals surface area contributed by atoms with Crippen LogP contribution in [0.15, 0.2) is 0 Å². The maximum Gasteiger partial charge on any atom is 0.409 e. The minimum absolute atomic E-state index is 0.208. The van der Waals surface area contributed by atoms with Gasteiger partial charge in [0, 0.05) is 19.1 Å². The Morgan fingerprint density at radius 2 is 1.89 bits per heavy atom. The maximum atomic E-state index is 11.6. The lowest BCUT2D eigenvalue weighted by molar-refractivity contribution is -0.147. The molecule has 0 bridgehead atoms. The molecule has 1 N–H and O–H groups in total. The van der Waals surface area contributed by atoms with Crippen molar-refractivity contribution in [3.8, 4) is 0 Å². The van der Waals surface area contributed by atoms with Crippen molar-refractivity contribution in [2.24, 2.45) is 0 Å². The highest BCUT2D eigenvalue weighted by molar-refractivity contribution is 5.79. The summed E-state index contributed by atoms with van der Waals surface area (Å²) in [7, 11) is 1.38. The zero-order chi connectivity index (χ0) is 14.5. The number of ether oxygens (including phenoxy) is 2. The molecule has 0 spiro atoms. The van der Waals surface area contributed by atoms with E-state index in [4.69, 9.17) is 9.47 Å². The minimum Gasteiger partial charge on any atom is -0.468 e. The summed E-state index contributed by atoms with van der Waals surface area (Å²) in [6.07, 6.45) is 1.35. The first-order valence-corrected chi connectivity index (χ1v) is 6.68. The van der Waals surface area contributed by atoms with E-state index in [1.165, 1.54) is 7.11 Å². The van der Waals surface area contributed by atoms with Crippen LogP contribution < -0.4 is 5.32 Å². The molecule has 0 aromatic carbocycles. The average Bonchev–Trinajstić information content (AvgIpc) is 2.38. The molecule has 0 aromatic heterocycles. The third kappa shape index (κ3) is 4.38. The molecule has 0 unspecified atom stereocenters. The highest BCUT2D eigenvalue weighted by Gasteiger charge is 2.33. The molecule has 1 aliphatic rings. The Labute approximate surface area is 114 Å². The fourth-order valence-electron chi connectivity index (χ4n) is 2.25. The van der Waals surface area contributed by atoms with Gasteiger partial charge in [-0.15, -0.1) is 0 Å². The normalized spacial score (nSPS) is 17.2. The van der Waals surface area contributed by atoms with Gasteiger partial charge < -0.3 is 14.4 Å². The molecule has 19 heavy (non-hydrogen) atoms. The number of carbonyl (C=O) groups excluding carboxylic acids is 2. The second kappa shape index (κ2) is 6.75. The summed E-state index contributed by atoms with van der Waals surface area (Å²) in [6, 6.07) is 0.208. The number of hydrogen-bond acceptors (Lipinski definition) is 5. The smallest absolute Gasteiger partial charge is 0.409 e. The lowest BCUT2D eigenvalue weighted by Crippen LogP contribution is -2.55. The molecule has 1 saturated heterocycles. The summed E-state index contributed by atoms with van der Waals surface area (Å²) >= 11 is 0. The number of hydrogen-bond donors (Lipinski definition) is 1. The Kier molecular flexibility index (Phi) is 5.60. The number of rotatable bonds is 4. The number of piperidine rings is 1. The van der Waals surface area contributed by atoms with Crippen molar-refractivity contribution >= 4 is 12.1 Å². The number of methoxy groups -OCH3 is 1. The van der Waals surface area contributed by atoms with Crippen molar-refractivity contribution < 1.29 is 19.1 Å². The van der Waals surface area contributed by atoms with E-state index in [2.05, 4.69) is 5.32 Å². The molecule has 1 rings (SSSR count). The number of likely N-dealkylation sites (tertiary alicyclic amines) is 1. The van der Waals surface area contributed by atoms with Crippen LogP contribution in [0.3, 0.4) is 0 Å². The van der Waals surface area contributed by atoms with Crippen molar-refractivity contribution in [3.05, 3.63) is 0 Å². The molecule has 0 aliphatic carbocycles. The van der Waals surface area contributed by atoms with Crippen LogP contribution in [0.2, 0.25) is 0 Å². The van der Waals surface area contributed by atoms with E-state index in [9.17, 15) is 9.59 Å². The molecule has 0 radical (unpaired) electrons. The second-order valence-electron chi connectivity index (χ2n) is 5.22. The number of esters is 1. The summed E-state index contributed by atoms with van der Waals surface area (Å²) in [6.45, 7) is 7.09. The summed E-state index contributed by atoms with van der Waals surface area (Å²) in [5.41, 5.74) is -0.703. The minimum atomic E-state index is -0.703. The van der Waals surface area contributed by atoms with Crippen LogP contribution in [0.4, 0.5) is 4.79 Å². The van der Waals surface area contributed by atoms with Crippen LogP contribution in [0.25, 0.3) is 0 Å². The van der Waals surface area contributed by atoms with Gasteiger partial charge in [0.25, 0.3) is 0 Å². The van der Waals surface area contributed by atoms with Crippen LogP contribution in [-0.4, -0.2) is 55.3 Å². The molecular formula is C13H24N2O4. The average molecular weight is 272 g/mol. The van der Waals surface area contributed by atoms with E-state index in [0.29, 0.717) is 19.7 Å². The Bertz CT molecular complexity index is 323. The highest BCUT2D eigenvalue weighted by atomic mass is 16.6. The predicted octanol–water partition coefficient (Wildman–Crippen LogP) is 1.15. The number of nitrogens with zero attached hydrogens (tertiary/aromatic N) is 1. The van der Waals surface area contributed by atoms with Gasteiger partial charge in [-0.3, -0.25) is 10.1 Å². The van der Waals surface area contributed by atoms with Crippen molar-refractivity contribution in [2.75, 3.05) is 26.8 Å². The van der Waals surface area contributed by atoms with Crippen molar-refractivity contribution in [1.82, 2.24) is 10.2 Å². The molecule has 1 amide bonds. The lowest BCUT2D eigenvalue weighted by atomic mass is 9.99. The second-order valence-corrected chi connectivity index (χ2v) is 5.22. The van der Waals surface area contributed by atoms with Crippen LogP contribution in [0.5, 0.6) is 0 Å². The molecule has 1 aliphatic heterocycles. The number of nitrogens with one attached hydrogen (secondary N) is 1. The lowest BCUT2D eigenvalue weighted by Gasteiger charge is -2.35. The Hall–Kier alpha value is -1.30.